The van der Waals surface area contributed by atoms with Crippen LogP contribution in [-0.4, -0.2) is 51.4 Å². The molecule has 4 rings (SSSR count). The molecule has 0 aliphatic carbocycles. The molecule has 0 radical (unpaired) electrons. The van der Waals surface area contributed by atoms with Crippen LogP contribution in [0.1, 0.15) is 34.4 Å². The average molecular weight is 395 g/mol. The van der Waals surface area contributed by atoms with Crippen molar-refractivity contribution in [3.63, 3.8) is 0 Å². The molecule has 8 nitrogen and oxygen atoms in total. The molecule has 2 aromatic heterocycles. The first-order valence-electron chi connectivity index (χ1n) is 9.69. The molecule has 0 N–H and O–H groups in total. The molecular formula is C21H25N5O3. The molecule has 3 aromatic rings. The maximum Gasteiger partial charge on any atom is 0.223 e. The summed E-state index contributed by atoms with van der Waals surface area (Å²) in [6, 6.07) is 3.99. The SMILES string of the molecule is COc1cc2c(cc1OC)CN(C(=O)CCc1c(C)nn3cnnc3c1C)CC2. The van der Waals surface area contributed by atoms with Gasteiger partial charge in [0.25, 0.3) is 0 Å². The number of carbonyl (C=O) groups is 1. The second-order valence-electron chi connectivity index (χ2n) is 7.33. The van der Waals surface area contributed by atoms with Gasteiger partial charge in [0.05, 0.1) is 19.9 Å². The zero-order valence-electron chi connectivity index (χ0n) is 17.2. The molecule has 0 atom stereocenters. The topological polar surface area (TPSA) is 81.9 Å². The summed E-state index contributed by atoms with van der Waals surface area (Å²) in [6.07, 6.45) is 3.49. The number of ether oxygens (including phenoxy) is 2. The van der Waals surface area contributed by atoms with Crippen molar-refractivity contribution in [1.82, 2.24) is 24.7 Å². The lowest BCUT2D eigenvalue weighted by Gasteiger charge is -2.30. The van der Waals surface area contributed by atoms with E-state index in [1.54, 1.807) is 25.1 Å². The summed E-state index contributed by atoms with van der Waals surface area (Å²) in [6.45, 7) is 5.27. The lowest BCUT2D eigenvalue weighted by Crippen LogP contribution is -2.36. The predicted octanol–water partition coefficient (Wildman–Crippen LogP) is 2.28. The van der Waals surface area contributed by atoms with Crippen LogP contribution in [0.25, 0.3) is 5.65 Å². The fourth-order valence-corrected chi connectivity index (χ4v) is 4.03. The van der Waals surface area contributed by atoms with Crippen LogP contribution in [0, 0.1) is 13.8 Å². The number of amides is 1. The van der Waals surface area contributed by atoms with Gasteiger partial charge in [0.1, 0.15) is 6.33 Å². The van der Waals surface area contributed by atoms with Gasteiger partial charge in [-0.05, 0) is 55.5 Å². The van der Waals surface area contributed by atoms with Crippen LogP contribution in [0.3, 0.4) is 0 Å². The lowest BCUT2D eigenvalue weighted by molar-refractivity contribution is -0.132. The Labute approximate surface area is 169 Å². The van der Waals surface area contributed by atoms with Gasteiger partial charge in [-0.15, -0.1) is 10.2 Å². The fraction of sp³-hybridized carbons (Fsp3) is 0.429. The van der Waals surface area contributed by atoms with Crippen LogP contribution in [0.2, 0.25) is 0 Å². The van der Waals surface area contributed by atoms with E-state index in [-0.39, 0.29) is 5.91 Å². The highest BCUT2D eigenvalue weighted by atomic mass is 16.5. The van der Waals surface area contributed by atoms with Crippen molar-refractivity contribution in [2.75, 3.05) is 20.8 Å². The zero-order chi connectivity index (χ0) is 20.5. The van der Waals surface area contributed by atoms with Gasteiger partial charge in [-0.1, -0.05) is 0 Å². The van der Waals surface area contributed by atoms with Gasteiger partial charge in [0.2, 0.25) is 5.91 Å². The van der Waals surface area contributed by atoms with Gasteiger partial charge in [0.15, 0.2) is 17.1 Å². The first-order chi connectivity index (χ1) is 14.0. The van der Waals surface area contributed by atoms with Crippen molar-refractivity contribution in [2.45, 2.75) is 39.7 Å². The van der Waals surface area contributed by atoms with Crippen molar-refractivity contribution in [3.8, 4) is 11.5 Å². The molecule has 8 heteroatoms. The second-order valence-corrected chi connectivity index (χ2v) is 7.33. The monoisotopic (exact) mass is 395 g/mol. The molecule has 0 saturated carbocycles. The number of aryl methyl sites for hydroxylation is 2. The van der Waals surface area contributed by atoms with Gasteiger partial charge in [0, 0.05) is 25.1 Å². The average Bonchev–Trinajstić information content (AvgIpc) is 3.20. The third-order valence-corrected chi connectivity index (χ3v) is 5.67. The Morgan fingerprint density at radius 3 is 2.59 bits per heavy atom. The van der Waals surface area contributed by atoms with Gasteiger partial charge in [-0.2, -0.15) is 5.10 Å². The van der Waals surface area contributed by atoms with Gasteiger partial charge in [-0.25, -0.2) is 4.52 Å². The number of benzene rings is 1. The number of hydrogen-bond acceptors (Lipinski definition) is 6. The Kier molecular flexibility index (Phi) is 5.08. The second kappa shape index (κ2) is 7.69. The number of rotatable bonds is 5. The minimum atomic E-state index is 0.144. The summed E-state index contributed by atoms with van der Waals surface area (Å²) in [7, 11) is 3.26. The number of carbonyl (C=O) groups excluding carboxylic acids is 1. The van der Waals surface area contributed by atoms with Crippen LogP contribution < -0.4 is 9.47 Å². The smallest absolute Gasteiger partial charge is 0.223 e. The summed E-state index contributed by atoms with van der Waals surface area (Å²) < 4.78 is 12.5. The van der Waals surface area contributed by atoms with Crippen molar-refractivity contribution in [1.29, 1.82) is 0 Å². The third-order valence-electron chi connectivity index (χ3n) is 5.67. The third kappa shape index (κ3) is 3.50. The van der Waals surface area contributed by atoms with E-state index in [2.05, 4.69) is 15.3 Å². The van der Waals surface area contributed by atoms with E-state index in [0.29, 0.717) is 31.7 Å². The minimum absolute atomic E-state index is 0.144. The van der Waals surface area contributed by atoms with Crippen molar-refractivity contribution in [3.05, 3.63) is 46.4 Å². The van der Waals surface area contributed by atoms with Crippen LogP contribution in [-0.2, 0) is 24.2 Å². The van der Waals surface area contributed by atoms with E-state index in [9.17, 15) is 4.79 Å². The summed E-state index contributed by atoms with van der Waals surface area (Å²) in [5.74, 6) is 1.57. The van der Waals surface area contributed by atoms with Crippen LogP contribution in [0.15, 0.2) is 18.5 Å². The highest BCUT2D eigenvalue weighted by molar-refractivity contribution is 5.77. The van der Waals surface area contributed by atoms with E-state index in [4.69, 9.17) is 9.47 Å². The van der Waals surface area contributed by atoms with E-state index in [1.807, 2.05) is 30.9 Å². The predicted molar refractivity (Wildman–Crippen MR) is 107 cm³/mol. The molecular weight excluding hydrogens is 370 g/mol. The van der Waals surface area contributed by atoms with Crippen molar-refractivity contribution < 1.29 is 14.3 Å². The number of nitrogens with zero attached hydrogens (tertiary/aromatic N) is 5. The first-order valence-corrected chi connectivity index (χ1v) is 9.69. The Hall–Kier alpha value is -3.16. The molecule has 1 aliphatic heterocycles. The summed E-state index contributed by atoms with van der Waals surface area (Å²) in [5.41, 5.74) is 6.07. The molecule has 1 aliphatic rings. The highest BCUT2D eigenvalue weighted by Crippen LogP contribution is 2.33. The van der Waals surface area contributed by atoms with Crippen molar-refractivity contribution >= 4 is 11.6 Å². The van der Waals surface area contributed by atoms with Gasteiger partial charge < -0.3 is 14.4 Å². The summed E-state index contributed by atoms with van der Waals surface area (Å²) in [5, 5.41) is 12.5. The number of methoxy groups -OCH3 is 2. The quantitative estimate of drug-likeness (QED) is 0.659. The summed E-state index contributed by atoms with van der Waals surface area (Å²) >= 11 is 0. The normalized spacial score (nSPS) is 13.4. The largest absolute Gasteiger partial charge is 0.493 e. The van der Waals surface area contributed by atoms with E-state index in [1.165, 1.54) is 5.56 Å². The maximum atomic E-state index is 12.9. The van der Waals surface area contributed by atoms with E-state index >= 15 is 0 Å². The molecule has 1 amide bonds. The fourth-order valence-electron chi connectivity index (χ4n) is 4.03. The molecule has 29 heavy (non-hydrogen) atoms. The molecule has 0 spiro atoms. The minimum Gasteiger partial charge on any atom is -0.493 e. The molecule has 0 saturated heterocycles. The van der Waals surface area contributed by atoms with Crippen LogP contribution in [0.5, 0.6) is 11.5 Å². The Balaban J connectivity index is 1.48. The van der Waals surface area contributed by atoms with Gasteiger partial charge in [-0.3, -0.25) is 4.79 Å². The van der Waals surface area contributed by atoms with Crippen LogP contribution >= 0.6 is 0 Å². The number of aromatic nitrogens is 4. The molecule has 3 heterocycles. The molecule has 0 bridgehead atoms. The number of fused-ring (bicyclic) bond motifs is 2. The Bertz CT molecular complexity index is 1080. The molecule has 0 unspecified atom stereocenters. The Morgan fingerprint density at radius 1 is 1.14 bits per heavy atom. The Morgan fingerprint density at radius 2 is 1.86 bits per heavy atom. The van der Waals surface area contributed by atoms with E-state index in [0.717, 1.165) is 40.2 Å². The molecule has 152 valence electrons. The van der Waals surface area contributed by atoms with Gasteiger partial charge >= 0.3 is 0 Å². The lowest BCUT2D eigenvalue weighted by atomic mass is 9.97. The summed E-state index contributed by atoms with van der Waals surface area (Å²) in [4.78, 5) is 14.8. The molecule has 0 fully saturated rings. The van der Waals surface area contributed by atoms with Crippen molar-refractivity contribution in [2.24, 2.45) is 0 Å². The molecule has 1 aromatic carbocycles. The number of hydrogen-bond donors (Lipinski definition) is 0. The first kappa shape index (κ1) is 19.2. The zero-order valence-corrected chi connectivity index (χ0v) is 17.2. The maximum absolute atomic E-state index is 12.9. The van der Waals surface area contributed by atoms with E-state index < -0.39 is 0 Å². The highest BCUT2D eigenvalue weighted by Gasteiger charge is 2.23. The van der Waals surface area contributed by atoms with Crippen LogP contribution in [0.4, 0.5) is 0 Å². The standard InChI is InChI=1S/C21H25N5O3/c1-13-17(14(2)24-26-12-22-23-21(13)26)5-6-20(27)25-8-7-15-9-18(28-3)19(29-4)10-16(15)11-25/h9-10,12H,5-8,11H2,1-4H3.